The molecular formula is C24H32N4O3. The van der Waals surface area contributed by atoms with Crippen LogP contribution in [0, 0.1) is 0 Å². The highest BCUT2D eigenvalue weighted by Gasteiger charge is 2.23. The molecule has 0 saturated carbocycles. The van der Waals surface area contributed by atoms with Crippen LogP contribution in [0.2, 0.25) is 0 Å². The minimum absolute atomic E-state index is 0.215. The summed E-state index contributed by atoms with van der Waals surface area (Å²) in [6, 6.07) is 18.6. The van der Waals surface area contributed by atoms with E-state index in [4.69, 9.17) is 15.2 Å². The summed E-state index contributed by atoms with van der Waals surface area (Å²) in [7, 11) is 0. The monoisotopic (exact) mass is 424 g/mol. The van der Waals surface area contributed by atoms with E-state index in [2.05, 4.69) is 34.6 Å². The van der Waals surface area contributed by atoms with Crippen LogP contribution in [-0.4, -0.2) is 42.7 Å². The Bertz CT molecular complexity index is 849. The molecule has 31 heavy (non-hydrogen) atoms. The maximum atomic E-state index is 11.8. The van der Waals surface area contributed by atoms with Gasteiger partial charge in [0.05, 0.1) is 26.4 Å². The van der Waals surface area contributed by atoms with Gasteiger partial charge in [-0.15, -0.1) is 0 Å². The third-order valence-corrected chi connectivity index (χ3v) is 5.18. The second-order valence-corrected chi connectivity index (χ2v) is 7.60. The quantitative estimate of drug-likeness (QED) is 0.501. The van der Waals surface area contributed by atoms with Crippen LogP contribution in [0.4, 0.5) is 4.79 Å². The van der Waals surface area contributed by atoms with Crippen molar-refractivity contribution in [1.29, 1.82) is 0 Å². The molecule has 1 aliphatic rings. The molecular weight excluding hydrogens is 392 g/mol. The smallest absolute Gasteiger partial charge is 0.409 e. The number of carbonyl (C=O) groups excluding carboxylic acids is 1. The summed E-state index contributed by atoms with van der Waals surface area (Å²) in [6.45, 7) is 5.19. The molecule has 0 unspecified atom stereocenters. The molecule has 1 heterocycles. The summed E-state index contributed by atoms with van der Waals surface area (Å²) >= 11 is 0. The van der Waals surface area contributed by atoms with E-state index in [-0.39, 0.29) is 12.1 Å². The highest BCUT2D eigenvalue weighted by Crippen LogP contribution is 2.12. The standard InChI is InChI=1S/C24H32N4O3/c1-2-31-24(29)28-13-11-22(12-14-28)27-23(25)26-16-20-9-6-10-21(15-20)18-30-17-19-7-4-3-5-8-19/h3-10,15,22H,2,11-14,16-18H2,1H3,(H3,25,26,27). The average molecular weight is 425 g/mol. The highest BCUT2D eigenvalue weighted by molar-refractivity contribution is 5.78. The number of rotatable bonds is 8. The first-order chi connectivity index (χ1) is 15.1. The van der Waals surface area contributed by atoms with Crippen molar-refractivity contribution in [2.75, 3.05) is 19.7 Å². The molecule has 1 amide bonds. The zero-order chi connectivity index (χ0) is 21.9. The Balaban J connectivity index is 1.41. The number of nitrogens with one attached hydrogen (secondary N) is 1. The van der Waals surface area contributed by atoms with Crippen molar-refractivity contribution in [3.63, 3.8) is 0 Å². The van der Waals surface area contributed by atoms with Crippen LogP contribution in [0.5, 0.6) is 0 Å². The van der Waals surface area contributed by atoms with Crippen molar-refractivity contribution in [3.05, 3.63) is 71.3 Å². The number of hydrogen-bond acceptors (Lipinski definition) is 4. The second-order valence-electron chi connectivity index (χ2n) is 7.60. The molecule has 3 rings (SSSR count). The molecule has 0 bridgehead atoms. The lowest BCUT2D eigenvalue weighted by atomic mass is 10.1. The van der Waals surface area contributed by atoms with Gasteiger partial charge in [-0.3, -0.25) is 0 Å². The van der Waals surface area contributed by atoms with Gasteiger partial charge in [0.25, 0.3) is 0 Å². The van der Waals surface area contributed by atoms with Crippen LogP contribution in [0.3, 0.4) is 0 Å². The zero-order valence-electron chi connectivity index (χ0n) is 18.1. The number of nitrogens with zero attached hydrogens (tertiary/aromatic N) is 2. The molecule has 0 atom stereocenters. The fourth-order valence-corrected chi connectivity index (χ4v) is 3.53. The summed E-state index contributed by atoms with van der Waals surface area (Å²) in [5, 5.41) is 3.27. The normalized spacial score (nSPS) is 15.0. The molecule has 0 aliphatic carbocycles. The van der Waals surface area contributed by atoms with Gasteiger partial charge in [0.1, 0.15) is 0 Å². The number of hydrogen-bond donors (Lipinski definition) is 2. The van der Waals surface area contributed by atoms with Crippen LogP contribution >= 0.6 is 0 Å². The van der Waals surface area contributed by atoms with Crippen LogP contribution in [-0.2, 0) is 29.2 Å². The Morgan fingerprint density at radius 2 is 1.74 bits per heavy atom. The molecule has 1 aliphatic heterocycles. The van der Waals surface area contributed by atoms with Gasteiger partial charge >= 0.3 is 6.09 Å². The number of nitrogens with two attached hydrogens (primary N) is 1. The van der Waals surface area contributed by atoms with Gasteiger partial charge in [-0.05, 0) is 36.5 Å². The number of aliphatic imine (C=N–C) groups is 1. The zero-order valence-corrected chi connectivity index (χ0v) is 18.1. The van der Waals surface area contributed by atoms with E-state index in [0.717, 1.165) is 29.5 Å². The van der Waals surface area contributed by atoms with Crippen molar-refractivity contribution in [1.82, 2.24) is 10.2 Å². The third kappa shape index (κ3) is 7.61. The molecule has 7 nitrogen and oxygen atoms in total. The van der Waals surface area contributed by atoms with E-state index in [1.165, 1.54) is 0 Å². The summed E-state index contributed by atoms with van der Waals surface area (Å²) in [4.78, 5) is 18.0. The fraction of sp³-hybridized carbons (Fsp3) is 0.417. The maximum absolute atomic E-state index is 11.8. The van der Waals surface area contributed by atoms with Crippen molar-refractivity contribution in [2.45, 2.75) is 45.6 Å². The van der Waals surface area contributed by atoms with E-state index in [9.17, 15) is 4.79 Å². The lowest BCUT2D eigenvalue weighted by molar-refractivity contribution is 0.0963. The lowest BCUT2D eigenvalue weighted by Crippen LogP contribution is -2.48. The number of piperidine rings is 1. The lowest BCUT2D eigenvalue weighted by Gasteiger charge is -2.31. The molecule has 2 aromatic carbocycles. The Kier molecular flexibility index (Phi) is 8.72. The first kappa shape index (κ1) is 22.6. The third-order valence-electron chi connectivity index (χ3n) is 5.18. The predicted octanol–water partition coefficient (Wildman–Crippen LogP) is 3.43. The van der Waals surface area contributed by atoms with Gasteiger partial charge in [0.15, 0.2) is 5.96 Å². The Morgan fingerprint density at radius 1 is 1.06 bits per heavy atom. The van der Waals surface area contributed by atoms with Gasteiger partial charge in [0, 0.05) is 19.1 Å². The fourth-order valence-electron chi connectivity index (χ4n) is 3.53. The molecule has 7 heteroatoms. The van der Waals surface area contributed by atoms with E-state index < -0.39 is 0 Å². The summed E-state index contributed by atoms with van der Waals surface area (Å²) in [6.07, 6.45) is 1.40. The van der Waals surface area contributed by atoms with Crippen molar-refractivity contribution < 1.29 is 14.3 Å². The molecule has 0 radical (unpaired) electrons. The topological polar surface area (TPSA) is 89.2 Å². The first-order valence-corrected chi connectivity index (χ1v) is 10.8. The summed E-state index contributed by atoms with van der Waals surface area (Å²) < 4.78 is 10.9. The molecule has 0 spiro atoms. The summed E-state index contributed by atoms with van der Waals surface area (Å²) in [5.41, 5.74) is 9.45. The number of carbonyl (C=O) groups is 1. The molecule has 3 N–H and O–H groups in total. The number of likely N-dealkylation sites (tertiary alicyclic amines) is 1. The van der Waals surface area contributed by atoms with Gasteiger partial charge < -0.3 is 25.4 Å². The largest absolute Gasteiger partial charge is 0.450 e. The minimum Gasteiger partial charge on any atom is -0.450 e. The molecule has 1 saturated heterocycles. The minimum atomic E-state index is -0.241. The molecule has 0 aromatic heterocycles. The SMILES string of the molecule is CCOC(=O)N1CCC(NC(N)=NCc2cccc(COCc3ccccc3)c2)CC1. The van der Waals surface area contributed by atoms with Gasteiger partial charge in [-0.2, -0.15) is 0 Å². The summed E-state index contributed by atoms with van der Waals surface area (Å²) in [5.74, 6) is 0.431. The number of ether oxygens (including phenoxy) is 2. The maximum Gasteiger partial charge on any atom is 0.409 e. The van der Waals surface area contributed by atoms with Crippen LogP contribution in [0.1, 0.15) is 36.5 Å². The van der Waals surface area contributed by atoms with E-state index in [1.54, 1.807) is 4.90 Å². The highest BCUT2D eigenvalue weighted by atomic mass is 16.6. The van der Waals surface area contributed by atoms with Crippen molar-refractivity contribution in [3.8, 4) is 0 Å². The molecule has 166 valence electrons. The van der Waals surface area contributed by atoms with Crippen molar-refractivity contribution in [2.24, 2.45) is 10.7 Å². The van der Waals surface area contributed by atoms with E-state index >= 15 is 0 Å². The van der Waals surface area contributed by atoms with Gasteiger partial charge in [-0.1, -0.05) is 54.6 Å². The second kappa shape index (κ2) is 12.0. The Morgan fingerprint density at radius 3 is 2.48 bits per heavy atom. The van der Waals surface area contributed by atoms with Gasteiger partial charge in [-0.25, -0.2) is 9.79 Å². The molecule has 2 aromatic rings. The predicted molar refractivity (Wildman–Crippen MR) is 121 cm³/mol. The Hall–Kier alpha value is -3.06. The number of benzene rings is 2. The van der Waals surface area contributed by atoms with Crippen LogP contribution in [0.15, 0.2) is 59.6 Å². The average Bonchev–Trinajstić information content (AvgIpc) is 2.79. The van der Waals surface area contributed by atoms with Crippen LogP contribution in [0.25, 0.3) is 0 Å². The van der Waals surface area contributed by atoms with E-state index in [1.807, 2.05) is 37.3 Å². The first-order valence-electron chi connectivity index (χ1n) is 10.8. The number of guanidine groups is 1. The molecule has 1 fully saturated rings. The van der Waals surface area contributed by atoms with Crippen LogP contribution < -0.4 is 11.1 Å². The number of amides is 1. The van der Waals surface area contributed by atoms with E-state index in [0.29, 0.717) is 45.4 Å². The van der Waals surface area contributed by atoms with Gasteiger partial charge in [0.2, 0.25) is 0 Å². The Labute approximate surface area is 184 Å². The van der Waals surface area contributed by atoms with Crippen molar-refractivity contribution >= 4 is 12.1 Å².